The van der Waals surface area contributed by atoms with Gasteiger partial charge in [0.25, 0.3) is 5.91 Å². The molecule has 0 aliphatic rings. The van der Waals surface area contributed by atoms with Crippen LogP contribution in [0.5, 0.6) is 0 Å². The van der Waals surface area contributed by atoms with Crippen molar-refractivity contribution in [1.29, 1.82) is 0 Å². The van der Waals surface area contributed by atoms with Gasteiger partial charge in [-0.2, -0.15) is 0 Å². The molecule has 0 aromatic heterocycles. The summed E-state index contributed by atoms with van der Waals surface area (Å²) in [5, 5.41) is 7.32. The van der Waals surface area contributed by atoms with Crippen molar-refractivity contribution in [3.8, 4) is 0 Å². The number of nitrogens with one attached hydrogen (secondary N) is 5. The third-order valence-electron chi connectivity index (χ3n) is 4.37. The van der Waals surface area contributed by atoms with Crippen molar-refractivity contribution in [3.05, 3.63) is 35.9 Å². The van der Waals surface area contributed by atoms with Crippen LogP contribution in [0.1, 0.15) is 54.0 Å². The van der Waals surface area contributed by atoms with Gasteiger partial charge < -0.3 is 25.4 Å². The summed E-state index contributed by atoms with van der Waals surface area (Å²) in [6.07, 6.45) is -1.65. The van der Waals surface area contributed by atoms with Crippen LogP contribution in [0.2, 0.25) is 0 Å². The first-order chi connectivity index (χ1) is 16.1. The molecule has 12 nitrogen and oxygen atoms in total. The molecule has 0 radical (unpaired) electrons. The molecule has 2 atom stereocenters. The second-order valence-corrected chi connectivity index (χ2v) is 9.35. The number of carbonyl (C=O) groups is 5. The average Bonchev–Trinajstić information content (AvgIpc) is 2.75. The van der Waals surface area contributed by atoms with E-state index in [1.807, 2.05) is 18.2 Å². The van der Waals surface area contributed by atoms with Gasteiger partial charge in [-0.15, -0.1) is 0 Å². The predicted molar refractivity (Wildman–Crippen MR) is 127 cm³/mol. The van der Waals surface area contributed by atoms with Crippen LogP contribution in [0.4, 0.5) is 9.59 Å². The van der Waals surface area contributed by atoms with Gasteiger partial charge in [0.2, 0.25) is 11.8 Å². The van der Waals surface area contributed by atoms with E-state index in [1.54, 1.807) is 32.9 Å². The Hall–Kier alpha value is -3.83. The van der Waals surface area contributed by atoms with Crippen LogP contribution >= 0.6 is 0 Å². The molecule has 1 aromatic carbocycles. The SMILES string of the molecule is CC(NC(=O)OCc1ccccc1)C(=O)NC(C)C(=O)NC(C)(C)C(=O)NNC(=O)OC(C)(C)C. The van der Waals surface area contributed by atoms with E-state index in [2.05, 4.69) is 26.8 Å². The molecule has 1 aromatic rings. The Morgan fingerprint density at radius 2 is 1.37 bits per heavy atom. The Kier molecular flexibility index (Phi) is 10.5. The zero-order valence-corrected chi connectivity index (χ0v) is 21.1. The summed E-state index contributed by atoms with van der Waals surface area (Å²) in [5.74, 6) is -2.00. The summed E-state index contributed by atoms with van der Waals surface area (Å²) in [7, 11) is 0. The summed E-state index contributed by atoms with van der Waals surface area (Å²) in [4.78, 5) is 60.8. The largest absolute Gasteiger partial charge is 0.445 e. The van der Waals surface area contributed by atoms with Gasteiger partial charge in [0.15, 0.2) is 0 Å². The van der Waals surface area contributed by atoms with Gasteiger partial charge in [0, 0.05) is 0 Å². The van der Waals surface area contributed by atoms with Crippen LogP contribution in [0.3, 0.4) is 0 Å². The third-order valence-corrected chi connectivity index (χ3v) is 4.37. The van der Waals surface area contributed by atoms with Gasteiger partial charge in [-0.1, -0.05) is 30.3 Å². The van der Waals surface area contributed by atoms with Crippen molar-refractivity contribution in [3.63, 3.8) is 0 Å². The fourth-order valence-corrected chi connectivity index (χ4v) is 2.45. The molecule has 0 spiro atoms. The molecule has 0 aliphatic heterocycles. The molecule has 12 heteroatoms. The lowest BCUT2D eigenvalue weighted by molar-refractivity contribution is -0.135. The number of hydrogen-bond acceptors (Lipinski definition) is 7. The van der Waals surface area contributed by atoms with E-state index in [9.17, 15) is 24.0 Å². The summed E-state index contributed by atoms with van der Waals surface area (Å²) in [5.41, 5.74) is 2.87. The smallest absolute Gasteiger partial charge is 0.426 e. The summed E-state index contributed by atoms with van der Waals surface area (Å²) in [6.45, 7) is 10.7. The average molecular weight is 494 g/mol. The van der Waals surface area contributed by atoms with Crippen molar-refractivity contribution < 1.29 is 33.4 Å². The number of ether oxygens (including phenoxy) is 2. The van der Waals surface area contributed by atoms with E-state index >= 15 is 0 Å². The van der Waals surface area contributed by atoms with Crippen LogP contribution < -0.4 is 26.8 Å². The van der Waals surface area contributed by atoms with Crippen molar-refractivity contribution >= 4 is 29.9 Å². The van der Waals surface area contributed by atoms with E-state index in [1.165, 1.54) is 27.7 Å². The topological polar surface area (TPSA) is 164 Å². The number of carbonyl (C=O) groups excluding carboxylic acids is 5. The molecule has 35 heavy (non-hydrogen) atoms. The Balaban J connectivity index is 2.48. The Morgan fingerprint density at radius 1 is 0.800 bits per heavy atom. The lowest BCUT2D eigenvalue weighted by atomic mass is 10.0. The zero-order chi connectivity index (χ0) is 26.8. The van der Waals surface area contributed by atoms with E-state index in [-0.39, 0.29) is 6.61 Å². The maximum atomic E-state index is 12.5. The minimum atomic E-state index is -1.43. The fourth-order valence-electron chi connectivity index (χ4n) is 2.45. The van der Waals surface area contributed by atoms with E-state index < -0.39 is 53.1 Å². The molecule has 2 unspecified atom stereocenters. The first-order valence-electron chi connectivity index (χ1n) is 11.0. The number of hydrogen-bond donors (Lipinski definition) is 5. The molecular weight excluding hydrogens is 458 g/mol. The number of hydrazine groups is 1. The number of amides is 5. The second-order valence-electron chi connectivity index (χ2n) is 9.35. The normalized spacial score (nSPS) is 12.9. The zero-order valence-electron chi connectivity index (χ0n) is 21.1. The molecule has 1 rings (SSSR count). The molecule has 0 saturated carbocycles. The fraction of sp³-hybridized carbons (Fsp3) is 0.522. The van der Waals surface area contributed by atoms with Gasteiger partial charge in [-0.05, 0) is 54.0 Å². The van der Waals surface area contributed by atoms with Gasteiger partial charge in [-0.25, -0.2) is 15.0 Å². The monoisotopic (exact) mass is 493 g/mol. The van der Waals surface area contributed by atoms with E-state index in [0.29, 0.717) is 0 Å². The van der Waals surface area contributed by atoms with Gasteiger partial charge in [0.05, 0.1) is 0 Å². The van der Waals surface area contributed by atoms with Gasteiger partial charge in [-0.3, -0.25) is 19.8 Å². The molecule has 0 bridgehead atoms. The summed E-state index contributed by atoms with van der Waals surface area (Å²) < 4.78 is 10.1. The highest BCUT2D eigenvalue weighted by molar-refractivity contribution is 5.95. The van der Waals surface area contributed by atoms with Crippen molar-refractivity contribution in [2.24, 2.45) is 0 Å². The number of alkyl carbamates (subject to hydrolysis) is 1. The summed E-state index contributed by atoms with van der Waals surface area (Å²) in [6, 6.07) is 7.02. The first kappa shape index (κ1) is 29.2. The standard InChI is InChI=1S/C23H35N5O7/c1-14(25-20(32)34-13-16-11-9-8-10-12-16)17(29)24-15(2)18(30)26-23(6,7)19(31)27-28-21(33)35-22(3,4)5/h8-12,14-15H,13H2,1-7H3,(H,24,29)(H,25,32)(H,26,30)(H,27,31)(H,28,33). The molecule has 5 amide bonds. The molecule has 0 saturated heterocycles. The van der Waals surface area contributed by atoms with Gasteiger partial charge >= 0.3 is 12.2 Å². The molecule has 0 fully saturated rings. The van der Waals surface area contributed by atoms with E-state index in [4.69, 9.17) is 9.47 Å². The third kappa shape index (κ3) is 11.2. The van der Waals surface area contributed by atoms with Crippen molar-refractivity contribution in [1.82, 2.24) is 26.8 Å². The Labute approximate surface area is 204 Å². The second kappa shape index (κ2) is 12.6. The lowest BCUT2D eigenvalue weighted by Crippen LogP contribution is -2.61. The molecule has 0 heterocycles. The minimum absolute atomic E-state index is 0.0414. The minimum Gasteiger partial charge on any atom is -0.445 e. The number of benzene rings is 1. The molecule has 0 aliphatic carbocycles. The van der Waals surface area contributed by atoms with Crippen LogP contribution in [-0.4, -0.2) is 53.1 Å². The highest BCUT2D eigenvalue weighted by Crippen LogP contribution is 2.07. The van der Waals surface area contributed by atoms with Crippen LogP contribution in [0.25, 0.3) is 0 Å². The highest BCUT2D eigenvalue weighted by atomic mass is 16.6. The Morgan fingerprint density at radius 3 is 1.94 bits per heavy atom. The van der Waals surface area contributed by atoms with Crippen LogP contribution in [0.15, 0.2) is 30.3 Å². The molecule has 5 N–H and O–H groups in total. The van der Waals surface area contributed by atoms with Crippen molar-refractivity contribution in [2.75, 3.05) is 0 Å². The maximum Gasteiger partial charge on any atom is 0.426 e. The summed E-state index contributed by atoms with van der Waals surface area (Å²) >= 11 is 0. The van der Waals surface area contributed by atoms with Gasteiger partial charge in [0.1, 0.15) is 29.8 Å². The Bertz CT molecular complexity index is 913. The first-order valence-corrected chi connectivity index (χ1v) is 11.0. The quantitative estimate of drug-likeness (QED) is 0.340. The molecule has 194 valence electrons. The van der Waals surface area contributed by atoms with Crippen molar-refractivity contribution in [2.45, 2.75) is 78.3 Å². The maximum absolute atomic E-state index is 12.5. The van der Waals surface area contributed by atoms with Crippen LogP contribution in [0, 0.1) is 0 Å². The molecular formula is C23H35N5O7. The highest BCUT2D eigenvalue weighted by Gasteiger charge is 2.32. The van der Waals surface area contributed by atoms with E-state index in [0.717, 1.165) is 5.56 Å². The lowest BCUT2D eigenvalue weighted by Gasteiger charge is -2.27. The predicted octanol–water partition coefficient (Wildman–Crippen LogP) is 1.26. The van der Waals surface area contributed by atoms with Crippen LogP contribution in [-0.2, 0) is 30.5 Å². The number of rotatable bonds is 8.